The van der Waals surface area contributed by atoms with Gasteiger partial charge in [0.1, 0.15) is 11.4 Å². The van der Waals surface area contributed by atoms with Gasteiger partial charge >= 0.3 is 11.9 Å². The van der Waals surface area contributed by atoms with Gasteiger partial charge in [-0.2, -0.15) is 0 Å². The highest BCUT2D eigenvalue weighted by Gasteiger charge is 2.19. The number of carboxylic acid groups (broad SMARTS) is 1. The lowest BCUT2D eigenvalue weighted by Crippen LogP contribution is -2.22. The number of hydrogen-bond acceptors (Lipinski definition) is 4. The Balaban J connectivity index is 2.10. The van der Waals surface area contributed by atoms with Crippen molar-refractivity contribution in [2.24, 2.45) is 0 Å². The lowest BCUT2D eigenvalue weighted by Gasteiger charge is -2.08. The smallest absolute Gasteiger partial charge is 0.320 e. The van der Waals surface area contributed by atoms with E-state index in [4.69, 9.17) is 14.6 Å². The molecular weight excluding hydrogens is 316 g/mol. The van der Waals surface area contributed by atoms with Crippen molar-refractivity contribution in [3.05, 3.63) is 35.9 Å². The maximum Gasteiger partial charge on any atom is 0.320 e. The highest BCUT2D eigenvalue weighted by Crippen LogP contribution is 2.07. The maximum atomic E-state index is 11.3. The van der Waals surface area contributed by atoms with Crippen LogP contribution in [0.3, 0.4) is 0 Å². The second kappa shape index (κ2) is 8.66. The van der Waals surface area contributed by atoms with E-state index in [9.17, 15) is 9.59 Å². The monoisotopic (exact) mass is 330 g/mol. The number of carbonyl (C=O) groups excluding carboxylic acids is 1. The van der Waals surface area contributed by atoms with Gasteiger partial charge in [0.15, 0.2) is 0 Å². The lowest BCUT2D eigenvalue weighted by molar-refractivity contribution is -0.148. The minimum atomic E-state index is -1.06. The number of carboxylic acids is 1. The number of alkyl halides is 1. The molecule has 0 aliphatic rings. The summed E-state index contributed by atoms with van der Waals surface area (Å²) in [5, 5.41) is 8.51. The van der Waals surface area contributed by atoms with Crippen LogP contribution in [0, 0.1) is 0 Å². The van der Waals surface area contributed by atoms with Gasteiger partial charge in [-0.25, -0.2) is 0 Å². The van der Waals surface area contributed by atoms with E-state index in [0.717, 1.165) is 5.56 Å². The van der Waals surface area contributed by atoms with E-state index in [1.54, 1.807) is 0 Å². The predicted molar refractivity (Wildman–Crippen MR) is 72.0 cm³/mol. The fourth-order valence-electron chi connectivity index (χ4n) is 1.29. The third kappa shape index (κ3) is 6.93. The van der Waals surface area contributed by atoms with Crippen LogP contribution in [0.2, 0.25) is 0 Å². The Bertz CT molecular complexity index is 407. The van der Waals surface area contributed by atoms with E-state index in [1.807, 2.05) is 30.3 Å². The average molecular weight is 331 g/mol. The van der Waals surface area contributed by atoms with Gasteiger partial charge < -0.3 is 14.6 Å². The maximum absolute atomic E-state index is 11.3. The largest absolute Gasteiger partial charge is 0.481 e. The van der Waals surface area contributed by atoms with Crippen LogP contribution in [0.5, 0.6) is 0 Å². The van der Waals surface area contributed by atoms with Crippen molar-refractivity contribution in [1.29, 1.82) is 0 Å². The van der Waals surface area contributed by atoms with Crippen LogP contribution in [0.25, 0.3) is 0 Å². The topological polar surface area (TPSA) is 72.8 Å². The molecule has 0 bridgehead atoms. The van der Waals surface area contributed by atoms with Crippen molar-refractivity contribution in [3.63, 3.8) is 0 Å². The molecule has 19 heavy (non-hydrogen) atoms. The number of aliphatic carboxylic acids is 1. The van der Waals surface area contributed by atoms with E-state index in [0.29, 0.717) is 6.61 Å². The molecule has 0 amide bonds. The minimum Gasteiger partial charge on any atom is -0.481 e. The molecule has 0 aliphatic heterocycles. The van der Waals surface area contributed by atoms with Crippen molar-refractivity contribution < 1.29 is 24.2 Å². The number of hydrogen-bond donors (Lipinski definition) is 1. The summed E-state index contributed by atoms with van der Waals surface area (Å²) in [5.74, 6) is -1.65. The van der Waals surface area contributed by atoms with Crippen molar-refractivity contribution in [2.45, 2.75) is 17.9 Å². The third-order valence-corrected chi connectivity index (χ3v) is 2.89. The van der Waals surface area contributed by atoms with Crippen LogP contribution in [-0.2, 0) is 25.7 Å². The van der Waals surface area contributed by atoms with Crippen LogP contribution >= 0.6 is 15.9 Å². The first-order valence-electron chi connectivity index (χ1n) is 5.73. The summed E-state index contributed by atoms with van der Waals surface area (Å²) < 4.78 is 10.2. The Kier molecular flexibility index (Phi) is 7.14. The fourth-order valence-corrected chi connectivity index (χ4v) is 1.70. The number of carbonyl (C=O) groups is 2. The molecule has 1 atom stereocenters. The molecule has 0 saturated heterocycles. The van der Waals surface area contributed by atoms with Gasteiger partial charge in [0, 0.05) is 0 Å². The normalized spacial score (nSPS) is 11.8. The standard InChI is InChI=1S/C13H15BrO5/c14-11(8-12(15)16)13(17)19-7-6-18-9-10-4-2-1-3-5-10/h1-5,11H,6-9H2,(H,15,16). The summed E-state index contributed by atoms with van der Waals surface area (Å²) in [6.07, 6.45) is -0.302. The number of halogens is 1. The van der Waals surface area contributed by atoms with Gasteiger partial charge in [-0.3, -0.25) is 9.59 Å². The van der Waals surface area contributed by atoms with Crippen LogP contribution in [0.4, 0.5) is 0 Å². The molecule has 0 heterocycles. The SMILES string of the molecule is O=C(O)CC(Br)C(=O)OCCOCc1ccccc1. The Morgan fingerprint density at radius 2 is 1.89 bits per heavy atom. The van der Waals surface area contributed by atoms with Crippen LogP contribution in [-0.4, -0.2) is 35.1 Å². The van der Waals surface area contributed by atoms with Crippen molar-refractivity contribution in [3.8, 4) is 0 Å². The van der Waals surface area contributed by atoms with Gasteiger partial charge in [-0.15, -0.1) is 0 Å². The molecule has 0 aromatic heterocycles. The highest BCUT2D eigenvalue weighted by atomic mass is 79.9. The molecule has 5 nitrogen and oxygen atoms in total. The van der Waals surface area contributed by atoms with Gasteiger partial charge in [0.25, 0.3) is 0 Å². The first-order chi connectivity index (χ1) is 9.09. The van der Waals surface area contributed by atoms with E-state index in [2.05, 4.69) is 15.9 Å². The summed E-state index contributed by atoms with van der Waals surface area (Å²) in [6.45, 7) is 0.825. The Labute approximate surface area is 119 Å². The van der Waals surface area contributed by atoms with Crippen molar-refractivity contribution in [1.82, 2.24) is 0 Å². The number of benzene rings is 1. The van der Waals surface area contributed by atoms with Gasteiger partial charge in [-0.05, 0) is 5.56 Å². The summed E-state index contributed by atoms with van der Waals surface area (Å²) >= 11 is 2.95. The molecule has 1 aromatic carbocycles. The fraction of sp³-hybridized carbons (Fsp3) is 0.385. The molecule has 6 heteroatoms. The Hall–Kier alpha value is -1.40. The molecular formula is C13H15BrO5. The molecule has 1 rings (SSSR count). The zero-order valence-electron chi connectivity index (χ0n) is 10.3. The summed E-state index contributed by atoms with van der Waals surface area (Å²) in [6, 6.07) is 9.63. The number of ether oxygens (including phenoxy) is 2. The molecule has 1 aromatic rings. The summed E-state index contributed by atoms with van der Waals surface area (Å²) in [4.78, 5) is 20.9. The molecule has 0 saturated carbocycles. The average Bonchev–Trinajstić information content (AvgIpc) is 2.38. The Morgan fingerprint density at radius 3 is 2.53 bits per heavy atom. The van der Waals surface area contributed by atoms with E-state index < -0.39 is 16.8 Å². The van der Waals surface area contributed by atoms with Gasteiger partial charge in [0.05, 0.1) is 19.6 Å². The van der Waals surface area contributed by atoms with Crippen LogP contribution in [0.15, 0.2) is 30.3 Å². The van der Waals surface area contributed by atoms with Crippen LogP contribution in [0.1, 0.15) is 12.0 Å². The molecule has 0 spiro atoms. The third-order valence-electron chi connectivity index (χ3n) is 2.19. The second-order valence-corrected chi connectivity index (χ2v) is 4.88. The quantitative estimate of drug-likeness (QED) is 0.448. The summed E-state index contributed by atoms with van der Waals surface area (Å²) in [7, 11) is 0. The Morgan fingerprint density at radius 1 is 1.21 bits per heavy atom. The van der Waals surface area contributed by atoms with Gasteiger partial charge in [0.2, 0.25) is 0 Å². The second-order valence-electron chi connectivity index (χ2n) is 3.77. The molecule has 0 radical (unpaired) electrons. The van der Waals surface area contributed by atoms with Gasteiger partial charge in [-0.1, -0.05) is 46.3 Å². The van der Waals surface area contributed by atoms with E-state index >= 15 is 0 Å². The molecule has 104 valence electrons. The summed E-state index contributed by atoms with van der Waals surface area (Å²) in [5.41, 5.74) is 1.04. The predicted octanol–water partition coefficient (Wildman–Crippen LogP) is 1.98. The number of rotatable bonds is 8. The van der Waals surface area contributed by atoms with E-state index in [1.165, 1.54) is 0 Å². The zero-order chi connectivity index (χ0) is 14.1. The minimum absolute atomic E-state index is 0.105. The van der Waals surface area contributed by atoms with Crippen molar-refractivity contribution in [2.75, 3.05) is 13.2 Å². The molecule has 1 unspecified atom stereocenters. The molecule has 0 aliphatic carbocycles. The zero-order valence-corrected chi connectivity index (χ0v) is 11.8. The van der Waals surface area contributed by atoms with Crippen molar-refractivity contribution >= 4 is 27.9 Å². The van der Waals surface area contributed by atoms with Crippen LogP contribution < -0.4 is 0 Å². The first-order valence-corrected chi connectivity index (χ1v) is 6.65. The molecule has 0 fully saturated rings. The number of esters is 1. The highest BCUT2D eigenvalue weighted by molar-refractivity contribution is 9.10. The first kappa shape index (κ1) is 15.7. The van der Waals surface area contributed by atoms with E-state index in [-0.39, 0.29) is 19.6 Å². The molecule has 1 N–H and O–H groups in total. The lowest BCUT2D eigenvalue weighted by atomic mass is 10.2.